The van der Waals surface area contributed by atoms with Gasteiger partial charge in [-0.1, -0.05) is 72.3 Å². The van der Waals surface area contributed by atoms with Crippen LogP contribution in [0.4, 0.5) is 5.69 Å². The highest BCUT2D eigenvalue weighted by atomic mass is 35.5. The molecule has 0 spiro atoms. The zero-order valence-corrected chi connectivity index (χ0v) is 17.2. The van der Waals surface area contributed by atoms with E-state index in [1.54, 1.807) is 24.3 Å². The van der Waals surface area contributed by atoms with Gasteiger partial charge in [0, 0.05) is 5.02 Å². The second-order valence-electron chi connectivity index (χ2n) is 8.15. The van der Waals surface area contributed by atoms with Crippen molar-refractivity contribution in [1.82, 2.24) is 0 Å². The molecule has 1 aliphatic heterocycles. The lowest BCUT2D eigenvalue weighted by Crippen LogP contribution is -2.34. The highest BCUT2D eigenvalue weighted by Crippen LogP contribution is 2.53. The van der Waals surface area contributed by atoms with Gasteiger partial charge in [0.25, 0.3) is 0 Å². The van der Waals surface area contributed by atoms with Crippen molar-refractivity contribution >= 4 is 29.1 Å². The van der Waals surface area contributed by atoms with Crippen molar-refractivity contribution in [2.75, 3.05) is 4.90 Å². The summed E-state index contributed by atoms with van der Waals surface area (Å²) in [4.78, 5) is 28.7. The van der Waals surface area contributed by atoms with Crippen LogP contribution in [0, 0.1) is 11.8 Å². The molecule has 150 valence electrons. The number of carbonyl (C=O) groups is 2. The van der Waals surface area contributed by atoms with Crippen LogP contribution in [-0.2, 0) is 9.59 Å². The Hall–Kier alpha value is -2.91. The second kappa shape index (κ2) is 7.73. The normalized spacial score (nSPS) is 26.0. The minimum absolute atomic E-state index is 0.0462. The number of hydrogen-bond donors (Lipinski definition) is 0. The fourth-order valence-electron chi connectivity index (χ4n) is 5.27. The van der Waals surface area contributed by atoms with E-state index in [1.165, 1.54) is 4.90 Å². The van der Waals surface area contributed by atoms with Crippen molar-refractivity contribution < 1.29 is 9.59 Å². The van der Waals surface area contributed by atoms with Gasteiger partial charge in [-0.3, -0.25) is 14.5 Å². The van der Waals surface area contributed by atoms with Crippen LogP contribution in [0.1, 0.15) is 35.8 Å². The number of fused-ring (bicyclic) bond motifs is 1. The molecule has 3 nitrogen and oxygen atoms in total. The predicted molar refractivity (Wildman–Crippen MR) is 119 cm³/mol. The summed E-state index contributed by atoms with van der Waals surface area (Å²) in [6.45, 7) is 0. The summed E-state index contributed by atoms with van der Waals surface area (Å²) in [5, 5.41) is 0.583. The second-order valence-corrected chi connectivity index (χ2v) is 8.59. The molecule has 3 aromatic carbocycles. The SMILES string of the molecule is O=C1[C@@H]2[C@@H](C(=O)N1c1ccc(Cl)cc1)[C@H](c1ccccc1)CC[C@@H]2c1ccccc1. The van der Waals surface area contributed by atoms with Crippen molar-refractivity contribution in [3.63, 3.8) is 0 Å². The first-order valence-electron chi connectivity index (χ1n) is 10.4. The molecule has 0 unspecified atom stereocenters. The molecule has 4 heteroatoms. The van der Waals surface area contributed by atoms with Gasteiger partial charge in [0.1, 0.15) is 0 Å². The lowest BCUT2D eigenvalue weighted by molar-refractivity contribution is -0.122. The summed E-state index contributed by atoms with van der Waals surface area (Å²) in [6, 6.07) is 27.3. The van der Waals surface area contributed by atoms with E-state index in [-0.39, 0.29) is 35.5 Å². The van der Waals surface area contributed by atoms with Crippen LogP contribution in [0.15, 0.2) is 84.9 Å². The number of halogens is 1. The molecule has 1 heterocycles. The first kappa shape index (κ1) is 19.1. The summed E-state index contributed by atoms with van der Waals surface area (Å²) in [6.07, 6.45) is 1.77. The van der Waals surface area contributed by atoms with Gasteiger partial charge < -0.3 is 0 Å². The number of nitrogens with zero attached hydrogens (tertiary/aromatic N) is 1. The number of rotatable bonds is 3. The van der Waals surface area contributed by atoms with E-state index in [1.807, 2.05) is 36.4 Å². The fourth-order valence-corrected chi connectivity index (χ4v) is 5.40. The number of benzene rings is 3. The topological polar surface area (TPSA) is 37.4 Å². The maximum atomic E-state index is 13.7. The number of hydrogen-bond acceptors (Lipinski definition) is 2. The van der Waals surface area contributed by atoms with Crippen LogP contribution in [0.5, 0.6) is 0 Å². The van der Waals surface area contributed by atoms with Gasteiger partial charge in [0.15, 0.2) is 0 Å². The van der Waals surface area contributed by atoms with Gasteiger partial charge in [-0.25, -0.2) is 0 Å². The largest absolute Gasteiger partial charge is 0.274 e. The van der Waals surface area contributed by atoms with Crippen LogP contribution in [0.3, 0.4) is 0 Å². The zero-order valence-electron chi connectivity index (χ0n) is 16.4. The molecule has 30 heavy (non-hydrogen) atoms. The number of carbonyl (C=O) groups excluding carboxylic acids is 2. The third kappa shape index (κ3) is 3.14. The summed E-state index contributed by atoms with van der Waals surface area (Å²) in [5.41, 5.74) is 2.87. The van der Waals surface area contributed by atoms with Gasteiger partial charge in [-0.15, -0.1) is 0 Å². The molecule has 0 aromatic heterocycles. The molecule has 1 aliphatic carbocycles. The van der Waals surface area contributed by atoms with E-state index in [0.29, 0.717) is 10.7 Å². The monoisotopic (exact) mass is 415 g/mol. The molecule has 1 saturated carbocycles. The molecule has 5 rings (SSSR count). The molecular formula is C26H22ClNO2. The predicted octanol–water partition coefficient (Wildman–Crippen LogP) is 5.81. The Morgan fingerprint density at radius 3 is 1.50 bits per heavy atom. The van der Waals surface area contributed by atoms with Crippen molar-refractivity contribution in [1.29, 1.82) is 0 Å². The molecule has 2 fully saturated rings. The van der Waals surface area contributed by atoms with E-state index in [4.69, 9.17) is 11.6 Å². The maximum Gasteiger partial charge on any atom is 0.238 e. The molecule has 4 atom stereocenters. The van der Waals surface area contributed by atoms with Crippen LogP contribution in [0.2, 0.25) is 5.02 Å². The molecule has 0 radical (unpaired) electrons. The van der Waals surface area contributed by atoms with E-state index in [0.717, 1.165) is 24.0 Å². The van der Waals surface area contributed by atoms with Crippen molar-refractivity contribution in [3.05, 3.63) is 101 Å². The quantitative estimate of drug-likeness (QED) is 0.506. The standard InChI is InChI=1S/C26H22ClNO2/c27-19-11-13-20(14-12-19)28-25(29)23-21(17-7-3-1-4-8-17)15-16-22(24(23)26(28)30)18-9-5-2-6-10-18/h1-14,21-24H,15-16H2/t21-,22+,23-,24-/m0/s1. The first-order valence-corrected chi connectivity index (χ1v) is 10.8. The fraction of sp³-hybridized carbons (Fsp3) is 0.231. The maximum absolute atomic E-state index is 13.7. The van der Waals surface area contributed by atoms with E-state index < -0.39 is 0 Å². The van der Waals surface area contributed by atoms with Gasteiger partial charge in [0.05, 0.1) is 17.5 Å². The summed E-state index contributed by atoms with van der Waals surface area (Å²) >= 11 is 6.03. The molecule has 3 aromatic rings. The Bertz CT molecular complexity index is 1000. The van der Waals surface area contributed by atoms with Gasteiger partial charge >= 0.3 is 0 Å². The van der Waals surface area contributed by atoms with E-state index in [9.17, 15) is 9.59 Å². The minimum atomic E-state index is -0.352. The third-order valence-electron chi connectivity index (χ3n) is 6.59. The van der Waals surface area contributed by atoms with Crippen LogP contribution in [-0.4, -0.2) is 11.8 Å². The number of anilines is 1. The molecule has 0 bridgehead atoms. The molecule has 2 amide bonds. The van der Waals surface area contributed by atoms with Crippen LogP contribution >= 0.6 is 11.6 Å². The van der Waals surface area contributed by atoms with E-state index >= 15 is 0 Å². The summed E-state index contributed by atoms with van der Waals surface area (Å²) < 4.78 is 0. The Morgan fingerprint density at radius 2 is 1.07 bits per heavy atom. The lowest BCUT2D eigenvalue weighted by Gasteiger charge is -2.37. The van der Waals surface area contributed by atoms with Gasteiger partial charge in [-0.2, -0.15) is 0 Å². The lowest BCUT2D eigenvalue weighted by atomic mass is 9.64. The van der Waals surface area contributed by atoms with Crippen LogP contribution in [0.25, 0.3) is 0 Å². The van der Waals surface area contributed by atoms with Gasteiger partial charge in [0.2, 0.25) is 11.8 Å². The third-order valence-corrected chi connectivity index (χ3v) is 6.85. The Kier molecular flexibility index (Phi) is 4.92. The average molecular weight is 416 g/mol. The number of imide groups is 1. The summed E-state index contributed by atoms with van der Waals surface area (Å²) in [5.74, 6) is -0.803. The van der Waals surface area contributed by atoms with E-state index in [2.05, 4.69) is 24.3 Å². The first-order chi connectivity index (χ1) is 14.6. The minimum Gasteiger partial charge on any atom is -0.274 e. The highest BCUT2D eigenvalue weighted by Gasteiger charge is 2.56. The van der Waals surface area contributed by atoms with Gasteiger partial charge in [-0.05, 0) is 60.1 Å². The number of amides is 2. The molecule has 1 saturated heterocycles. The molecular weight excluding hydrogens is 394 g/mol. The highest BCUT2D eigenvalue weighted by molar-refractivity contribution is 6.30. The van der Waals surface area contributed by atoms with Crippen molar-refractivity contribution in [2.24, 2.45) is 11.8 Å². The van der Waals surface area contributed by atoms with Crippen molar-refractivity contribution in [2.45, 2.75) is 24.7 Å². The zero-order chi connectivity index (χ0) is 20.7. The Labute approximate surface area is 181 Å². The molecule has 0 N–H and O–H groups in total. The Balaban J connectivity index is 1.60. The van der Waals surface area contributed by atoms with Crippen molar-refractivity contribution in [3.8, 4) is 0 Å². The average Bonchev–Trinajstić information content (AvgIpc) is 3.06. The smallest absolute Gasteiger partial charge is 0.238 e. The molecule has 2 aliphatic rings. The Morgan fingerprint density at radius 1 is 0.633 bits per heavy atom. The summed E-state index contributed by atoms with van der Waals surface area (Å²) in [7, 11) is 0. The van der Waals surface area contributed by atoms with Crippen LogP contribution < -0.4 is 4.90 Å².